The van der Waals surface area contributed by atoms with Gasteiger partial charge in [0, 0.05) is 0 Å². The fourth-order valence-corrected chi connectivity index (χ4v) is 1.21. The van der Waals surface area contributed by atoms with Crippen molar-refractivity contribution in [1.82, 2.24) is 0 Å². The third-order valence-electron chi connectivity index (χ3n) is 1.66. The zero-order valence-electron chi connectivity index (χ0n) is 9.41. The number of allylic oxidation sites excluding steroid dienone is 4. The maximum absolute atomic E-state index is 12.3. The molecule has 86 valence electrons. The van der Waals surface area contributed by atoms with E-state index in [9.17, 15) is 13.2 Å². The van der Waals surface area contributed by atoms with E-state index in [1.807, 2.05) is 20.8 Å². The normalized spacial score (nSPS) is 13.9. The van der Waals surface area contributed by atoms with Gasteiger partial charge in [-0.05, 0) is 17.9 Å². The van der Waals surface area contributed by atoms with E-state index in [-0.39, 0.29) is 5.41 Å². The molecule has 15 heavy (non-hydrogen) atoms. The van der Waals surface area contributed by atoms with Crippen molar-refractivity contribution >= 4 is 0 Å². The number of rotatable bonds is 3. The molecule has 0 aliphatic carbocycles. The van der Waals surface area contributed by atoms with Crippen LogP contribution in [0.2, 0.25) is 0 Å². The average molecular weight is 218 g/mol. The van der Waals surface area contributed by atoms with Crippen molar-refractivity contribution in [1.29, 1.82) is 0 Å². The smallest absolute Gasteiger partial charge is 0.166 e. The molecular formula is C12H17F3. The highest BCUT2D eigenvalue weighted by Crippen LogP contribution is 2.30. The van der Waals surface area contributed by atoms with Crippen molar-refractivity contribution in [3.8, 4) is 0 Å². The Kier molecular flexibility index (Phi) is 4.38. The minimum atomic E-state index is -4.34. The zero-order valence-corrected chi connectivity index (χ0v) is 9.41. The Balaban J connectivity index is 4.73. The Morgan fingerprint density at radius 1 is 1.20 bits per heavy atom. The molecule has 0 radical (unpaired) electrons. The lowest BCUT2D eigenvalue weighted by Crippen LogP contribution is -2.11. The fourth-order valence-electron chi connectivity index (χ4n) is 1.21. The first kappa shape index (κ1) is 14.0. The molecule has 0 amide bonds. The molecule has 0 N–H and O–H groups in total. The molecule has 0 aromatic carbocycles. The SMILES string of the molecule is C=C/C(=C\C(=C)CC(C)(C)C)C(F)(F)F. The quantitative estimate of drug-likeness (QED) is 0.605. The van der Waals surface area contributed by atoms with Gasteiger partial charge in [-0.1, -0.05) is 45.6 Å². The molecule has 0 nitrogen and oxygen atoms in total. The number of hydrogen-bond acceptors (Lipinski definition) is 0. The minimum absolute atomic E-state index is 0.0640. The predicted molar refractivity (Wildman–Crippen MR) is 57.5 cm³/mol. The van der Waals surface area contributed by atoms with Crippen LogP contribution in [0.25, 0.3) is 0 Å². The van der Waals surface area contributed by atoms with E-state index < -0.39 is 11.7 Å². The molecule has 0 aromatic rings. The maximum atomic E-state index is 12.3. The average Bonchev–Trinajstić information content (AvgIpc) is 1.94. The van der Waals surface area contributed by atoms with Crippen LogP contribution >= 0.6 is 0 Å². The molecule has 0 atom stereocenters. The van der Waals surface area contributed by atoms with Gasteiger partial charge in [-0.15, -0.1) is 0 Å². The van der Waals surface area contributed by atoms with Crippen molar-refractivity contribution in [3.05, 3.63) is 36.5 Å². The van der Waals surface area contributed by atoms with Gasteiger partial charge in [0.25, 0.3) is 0 Å². The van der Waals surface area contributed by atoms with Gasteiger partial charge in [0.05, 0.1) is 5.57 Å². The van der Waals surface area contributed by atoms with Gasteiger partial charge in [-0.2, -0.15) is 13.2 Å². The molecule has 0 fully saturated rings. The number of halogens is 3. The van der Waals surface area contributed by atoms with Crippen LogP contribution in [0, 0.1) is 5.41 Å². The summed E-state index contributed by atoms with van der Waals surface area (Å²) in [5, 5.41) is 0. The third kappa shape index (κ3) is 6.15. The Bertz CT molecular complexity index is 274. The van der Waals surface area contributed by atoms with E-state index >= 15 is 0 Å². The summed E-state index contributed by atoms with van der Waals surface area (Å²) in [6.45, 7) is 12.6. The molecule has 0 rings (SSSR count). The lowest BCUT2D eigenvalue weighted by molar-refractivity contribution is -0.0882. The first-order valence-corrected chi connectivity index (χ1v) is 4.65. The molecule has 0 bridgehead atoms. The summed E-state index contributed by atoms with van der Waals surface area (Å²) in [5.41, 5.74) is -0.336. The highest BCUT2D eigenvalue weighted by atomic mass is 19.4. The van der Waals surface area contributed by atoms with Crippen LogP contribution in [0.5, 0.6) is 0 Å². The highest BCUT2D eigenvalue weighted by Gasteiger charge is 2.31. The second-order valence-corrected chi connectivity index (χ2v) is 4.70. The third-order valence-corrected chi connectivity index (χ3v) is 1.66. The van der Waals surface area contributed by atoms with Crippen LogP contribution in [0.3, 0.4) is 0 Å². The standard InChI is InChI=1S/C12H17F3/c1-6-10(12(13,14)15)7-9(2)8-11(3,4)5/h6-7H,1-2,8H2,3-5H3/b10-7+. The summed E-state index contributed by atoms with van der Waals surface area (Å²) in [4.78, 5) is 0. The van der Waals surface area contributed by atoms with Gasteiger partial charge >= 0.3 is 6.18 Å². The zero-order chi connectivity index (χ0) is 12.3. The first-order valence-electron chi connectivity index (χ1n) is 4.65. The van der Waals surface area contributed by atoms with Crippen LogP contribution < -0.4 is 0 Å². The highest BCUT2D eigenvalue weighted by molar-refractivity contribution is 5.31. The monoisotopic (exact) mass is 218 g/mol. The lowest BCUT2D eigenvalue weighted by Gasteiger charge is -2.18. The molecule has 3 heteroatoms. The summed E-state index contributed by atoms with van der Waals surface area (Å²) < 4.78 is 37.0. The van der Waals surface area contributed by atoms with E-state index in [0.29, 0.717) is 12.0 Å². The van der Waals surface area contributed by atoms with Gasteiger partial charge in [-0.25, -0.2) is 0 Å². The Morgan fingerprint density at radius 3 is 1.93 bits per heavy atom. The van der Waals surface area contributed by atoms with Crippen molar-refractivity contribution in [2.45, 2.75) is 33.4 Å². The molecule has 0 saturated carbocycles. The fraction of sp³-hybridized carbons (Fsp3) is 0.500. The molecular weight excluding hydrogens is 201 g/mol. The number of hydrogen-bond donors (Lipinski definition) is 0. The molecule has 0 aliphatic rings. The second-order valence-electron chi connectivity index (χ2n) is 4.70. The van der Waals surface area contributed by atoms with Crippen LogP contribution in [-0.2, 0) is 0 Å². The molecule has 0 spiro atoms. The molecule has 0 aliphatic heterocycles. The van der Waals surface area contributed by atoms with Crippen molar-refractivity contribution in [2.75, 3.05) is 0 Å². The molecule has 0 aromatic heterocycles. The van der Waals surface area contributed by atoms with Crippen LogP contribution in [-0.4, -0.2) is 6.18 Å². The van der Waals surface area contributed by atoms with Crippen molar-refractivity contribution < 1.29 is 13.2 Å². The molecule has 0 heterocycles. The predicted octanol–water partition coefficient (Wildman–Crippen LogP) is 4.65. The molecule has 0 saturated heterocycles. The topological polar surface area (TPSA) is 0 Å². The van der Waals surface area contributed by atoms with E-state index in [1.54, 1.807) is 0 Å². The van der Waals surface area contributed by atoms with Crippen LogP contribution in [0.1, 0.15) is 27.2 Å². The first-order chi connectivity index (χ1) is 6.56. The van der Waals surface area contributed by atoms with E-state index in [2.05, 4.69) is 13.2 Å². The van der Waals surface area contributed by atoms with Crippen molar-refractivity contribution in [3.63, 3.8) is 0 Å². The van der Waals surface area contributed by atoms with Crippen LogP contribution in [0.4, 0.5) is 13.2 Å². The number of alkyl halides is 3. The van der Waals surface area contributed by atoms with Gasteiger partial charge in [0.15, 0.2) is 0 Å². The Labute approximate surface area is 89.2 Å². The second kappa shape index (κ2) is 4.69. The largest absolute Gasteiger partial charge is 0.416 e. The summed E-state index contributed by atoms with van der Waals surface area (Å²) in [6.07, 6.45) is -1.95. The Hall–Kier alpha value is -0.990. The van der Waals surface area contributed by atoms with E-state index in [1.165, 1.54) is 0 Å². The lowest BCUT2D eigenvalue weighted by atomic mass is 9.88. The van der Waals surface area contributed by atoms with Gasteiger partial charge in [0.1, 0.15) is 0 Å². The van der Waals surface area contributed by atoms with E-state index in [4.69, 9.17) is 0 Å². The van der Waals surface area contributed by atoms with Gasteiger partial charge in [-0.3, -0.25) is 0 Å². The molecule has 0 unspecified atom stereocenters. The Morgan fingerprint density at radius 2 is 1.67 bits per heavy atom. The minimum Gasteiger partial charge on any atom is -0.166 e. The summed E-state index contributed by atoms with van der Waals surface area (Å²) in [5.74, 6) is 0. The van der Waals surface area contributed by atoms with Crippen LogP contribution in [0.15, 0.2) is 36.5 Å². The van der Waals surface area contributed by atoms with E-state index in [0.717, 1.165) is 12.2 Å². The maximum Gasteiger partial charge on any atom is 0.416 e. The summed E-state index contributed by atoms with van der Waals surface area (Å²) in [7, 11) is 0. The summed E-state index contributed by atoms with van der Waals surface area (Å²) in [6, 6.07) is 0. The van der Waals surface area contributed by atoms with Gasteiger partial charge in [0.2, 0.25) is 0 Å². The summed E-state index contributed by atoms with van der Waals surface area (Å²) >= 11 is 0. The van der Waals surface area contributed by atoms with Gasteiger partial charge < -0.3 is 0 Å². The van der Waals surface area contributed by atoms with Crippen molar-refractivity contribution in [2.24, 2.45) is 5.41 Å².